The fourth-order valence-corrected chi connectivity index (χ4v) is 1.69. The molecule has 1 saturated heterocycles. The third-order valence-corrected chi connectivity index (χ3v) is 2.54. The van der Waals surface area contributed by atoms with E-state index in [1.165, 1.54) is 0 Å². The SMILES string of the molecule is CCCC(=O)NCCOC1CCNCC1. The first-order valence-electron chi connectivity index (χ1n) is 5.92. The van der Waals surface area contributed by atoms with Crippen molar-refractivity contribution in [1.82, 2.24) is 10.6 Å². The highest BCUT2D eigenvalue weighted by Crippen LogP contribution is 2.06. The predicted molar refractivity (Wildman–Crippen MR) is 59.8 cm³/mol. The Morgan fingerprint density at radius 3 is 2.87 bits per heavy atom. The molecule has 0 unspecified atom stereocenters. The largest absolute Gasteiger partial charge is 0.376 e. The van der Waals surface area contributed by atoms with Gasteiger partial charge in [0.05, 0.1) is 12.7 Å². The molecule has 1 heterocycles. The van der Waals surface area contributed by atoms with Crippen LogP contribution in [0, 0.1) is 0 Å². The van der Waals surface area contributed by atoms with Gasteiger partial charge in [-0.15, -0.1) is 0 Å². The molecule has 0 bridgehead atoms. The van der Waals surface area contributed by atoms with Crippen LogP contribution in [-0.4, -0.2) is 38.3 Å². The zero-order valence-electron chi connectivity index (χ0n) is 9.55. The lowest BCUT2D eigenvalue weighted by Gasteiger charge is -2.22. The lowest BCUT2D eigenvalue weighted by molar-refractivity contribution is -0.121. The maximum Gasteiger partial charge on any atom is 0.220 e. The van der Waals surface area contributed by atoms with E-state index in [0.29, 0.717) is 25.7 Å². The summed E-state index contributed by atoms with van der Waals surface area (Å²) < 4.78 is 5.66. The van der Waals surface area contributed by atoms with Crippen LogP contribution in [0.25, 0.3) is 0 Å². The van der Waals surface area contributed by atoms with Gasteiger partial charge in [-0.1, -0.05) is 6.92 Å². The fourth-order valence-electron chi connectivity index (χ4n) is 1.69. The van der Waals surface area contributed by atoms with E-state index in [9.17, 15) is 4.79 Å². The molecule has 88 valence electrons. The first-order chi connectivity index (χ1) is 7.33. The Labute approximate surface area is 91.8 Å². The number of hydrogen-bond donors (Lipinski definition) is 2. The zero-order valence-corrected chi connectivity index (χ0v) is 9.55. The number of nitrogens with one attached hydrogen (secondary N) is 2. The number of hydrogen-bond acceptors (Lipinski definition) is 3. The minimum absolute atomic E-state index is 0.131. The topological polar surface area (TPSA) is 50.4 Å². The van der Waals surface area contributed by atoms with Crippen molar-refractivity contribution in [2.75, 3.05) is 26.2 Å². The van der Waals surface area contributed by atoms with Crippen molar-refractivity contribution in [2.24, 2.45) is 0 Å². The van der Waals surface area contributed by atoms with E-state index in [4.69, 9.17) is 4.74 Å². The standard InChI is InChI=1S/C11H22N2O2/c1-2-3-11(14)13-8-9-15-10-4-6-12-7-5-10/h10,12H,2-9H2,1H3,(H,13,14). The van der Waals surface area contributed by atoms with Crippen LogP contribution < -0.4 is 10.6 Å². The third kappa shape index (κ3) is 5.74. The molecule has 2 N–H and O–H groups in total. The molecule has 0 radical (unpaired) electrons. The van der Waals surface area contributed by atoms with Gasteiger partial charge >= 0.3 is 0 Å². The summed E-state index contributed by atoms with van der Waals surface area (Å²) in [5.74, 6) is 0.131. The van der Waals surface area contributed by atoms with Gasteiger partial charge in [-0.25, -0.2) is 0 Å². The fraction of sp³-hybridized carbons (Fsp3) is 0.909. The average molecular weight is 214 g/mol. The Kier molecular flexibility index (Phi) is 6.36. The smallest absolute Gasteiger partial charge is 0.220 e. The molecule has 0 atom stereocenters. The molecule has 0 aromatic rings. The maximum absolute atomic E-state index is 11.1. The van der Waals surface area contributed by atoms with Crippen LogP contribution in [-0.2, 0) is 9.53 Å². The summed E-state index contributed by atoms with van der Waals surface area (Å²) in [6.45, 7) is 5.38. The lowest BCUT2D eigenvalue weighted by Crippen LogP contribution is -2.34. The number of amides is 1. The minimum atomic E-state index is 0.131. The van der Waals surface area contributed by atoms with Gasteiger partial charge in [0.1, 0.15) is 0 Å². The molecule has 15 heavy (non-hydrogen) atoms. The number of ether oxygens (including phenoxy) is 1. The quantitative estimate of drug-likeness (QED) is 0.639. The van der Waals surface area contributed by atoms with Gasteiger partial charge in [0.2, 0.25) is 5.91 Å². The normalized spacial score (nSPS) is 17.7. The Bertz CT molecular complexity index is 179. The second-order valence-corrected chi connectivity index (χ2v) is 3.92. The van der Waals surface area contributed by atoms with Gasteiger partial charge in [0.15, 0.2) is 0 Å². The first kappa shape index (κ1) is 12.5. The summed E-state index contributed by atoms with van der Waals surface area (Å²) in [4.78, 5) is 11.1. The molecule has 1 aliphatic rings. The van der Waals surface area contributed by atoms with Gasteiger partial charge in [0, 0.05) is 13.0 Å². The summed E-state index contributed by atoms with van der Waals surface area (Å²) in [5.41, 5.74) is 0. The maximum atomic E-state index is 11.1. The molecule has 0 spiro atoms. The predicted octanol–water partition coefficient (Wildman–Crippen LogP) is 0.671. The average Bonchev–Trinajstić information content (AvgIpc) is 2.26. The summed E-state index contributed by atoms with van der Waals surface area (Å²) in [7, 11) is 0. The molecule has 1 fully saturated rings. The van der Waals surface area contributed by atoms with Crippen molar-refractivity contribution in [1.29, 1.82) is 0 Å². The second kappa shape index (κ2) is 7.65. The summed E-state index contributed by atoms with van der Waals surface area (Å²) >= 11 is 0. The summed E-state index contributed by atoms with van der Waals surface area (Å²) in [6, 6.07) is 0. The van der Waals surface area contributed by atoms with Crippen molar-refractivity contribution < 1.29 is 9.53 Å². The van der Waals surface area contributed by atoms with E-state index >= 15 is 0 Å². The molecule has 1 amide bonds. The zero-order chi connectivity index (χ0) is 10.9. The Balaban J connectivity index is 1.93. The highest BCUT2D eigenvalue weighted by Gasteiger charge is 2.12. The molecule has 1 rings (SSSR count). The Morgan fingerprint density at radius 2 is 2.20 bits per heavy atom. The van der Waals surface area contributed by atoms with E-state index in [0.717, 1.165) is 32.4 Å². The van der Waals surface area contributed by atoms with Gasteiger partial charge in [-0.05, 0) is 32.4 Å². The molecule has 0 aliphatic carbocycles. The van der Waals surface area contributed by atoms with Gasteiger partial charge in [-0.2, -0.15) is 0 Å². The van der Waals surface area contributed by atoms with Crippen molar-refractivity contribution in [2.45, 2.75) is 38.7 Å². The molecule has 0 saturated carbocycles. The Morgan fingerprint density at radius 1 is 1.47 bits per heavy atom. The van der Waals surface area contributed by atoms with Crippen LogP contribution in [0.4, 0.5) is 0 Å². The number of carbonyl (C=O) groups excluding carboxylic acids is 1. The van der Waals surface area contributed by atoms with Crippen molar-refractivity contribution in [3.8, 4) is 0 Å². The summed E-state index contributed by atoms with van der Waals surface area (Å²) in [5, 5.41) is 6.13. The highest BCUT2D eigenvalue weighted by atomic mass is 16.5. The van der Waals surface area contributed by atoms with Crippen LogP contribution in [0.15, 0.2) is 0 Å². The second-order valence-electron chi connectivity index (χ2n) is 3.92. The van der Waals surface area contributed by atoms with Crippen molar-refractivity contribution >= 4 is 5.91 Å². The number of rotatable bonds is 6. The lowest BCUT2D eigenvalue weighted by atomic mass is 10.1. The van der Waals surface area contributed by atoms with Gasteiger partial charge in [0.25, 0.3) is 0 Å². The molecular weight excluding hydrogens is 192 g/mol. The van der Waals surface area contributed by atoms with Crippen LogP contribution in [0.2, 0.25) is 0 Å². The van der Waals surface area contributed by atoms with Crippen LogP contribution in [0.3, 0.4) is 0 Å². The van der Waals surface area contributed by atoms with Crippen LogP contribution in [0.1, 0.15) is 32.6 Å². The molecule has 0 aromatic heterocycles. The monoisotopic (exact) mass is 214 g/mol. The van der Waals surface area contributed by atoms with Crippen molar-refractivity contribution in [3.05, 3.63) is 0 Å². The molecule has 4 nitrogen and oxygen atoms in total. The van der Waals surface area contributed by atoms with Crippen molar-refractivity contribution in [3.63, 3.8) is 0 Å². The van der Waals surface area contributed by atoms with E-state index in [-0.39, 0.29) is 5.91 Å². The van der Waals surface area contributed by atoms with Gasteiger partial charge in [-0.3, -0.25) is 4.79 Å². The highest BCUT2D eigenvalue weighted by molar-refractivity contribution is 5.75. The van der Waals surface area contributed by atoms with Crippen LogP contribution >= 0.6 is 0 Å². The number of carbonyl (C=O) groups is 1. The molecule has 0 aromatic carbocycles. The Hall–Kier alpha value is -0.610. The summed E-state index contributed by atoms with van der Waals surface area (Å²) in [6.07, 6.45) is 4.08. The van der Waals surface area contributed by atoms with Crippen LogP contribution in [0.5, 0.6) is 0 Å². The van der Waals surface area contributed by atoms with E-state index in [1.54, 1.807) is 0 Å². The molecule has 4 heteroatoms. The third-order valence-electron chi connectivity index (χ3n) is 2.54. The van der Waals surface area contributed by atoms with Gasteiger partial charge < -0.3 is 15.4 Å². The van der Waals surface area contributed by atoms with E-state index < -0.39 is 0 Å². The molecule has 1 aliphatic heterocycles. The first-order valence-corrected chi connectivity index (χ1v) is 5.92. The number of piperidine rings is 1. The minimum Gasteiger partial charge on any atom is -0.376 e. The van der Waals surface area contributed by atoms with E-state index in [2.05, 4.69) is 10.6 Å². The van der Waals surface area contributed by atoms with E-state index in [1.807, 2.05) is 6.92 Å². The molecular formula is C11H22N2O2.